The van der Waals surface area contributed by atoms with Crippen molar-refractivity contribution in [2.75, 3.05) is 13.1 Å². The lowest BCUT2D eigenvalue weighted by molar-refractivity contribution is 0.464. The highest BCUT2D eigenvalue weighted by atomic mass is 28.3. The Balaban J connectivity index is 3.90. The second-order valence-electron chi connectivity index (χ2n) is 5.33. The Morgan fingerprint density at radius 1 is 1.25 bits per heavy atom. The van der Waals surface area contributed by atoms with Gasteiger partial charge in [0, 0.05) is 9.52 Å². The van der Waals surface area contributed by atoms with Crippen LogP contribution in [0.2, 0.25) is 25.2 Å². The zero-order chi connectivity index (χ0) is 12.6. The molecule has 96 valence electrons. The van der Waals surface area contributed by atoms with E-state index in [9.17, 15) is 0 Å². The Hall–Kier alpha value is 0.134. The summed E-state index contributed by atoms with van der Waals surface area (Å²) in [5.74, 6) is 0. The smallest absolute Gasteiger partial charge is 0.122 e. The summed E-state index contributed by atoms with van der Waals surface area (Å²) in [6.07, 6.45) is 3.77. The van der Waals surface area contributed by atoms with Crippen LogP contribution in [0.25, 0.3) is 0 Å². The quantitative estimate of drug-likeness (QED) is 0.476. The van der Waals surface area contributed by atoms with E-state index in [4.69, 9.17) is 0 Å². The third-order valence-electron chi connectivity index (χ3n) is 3.72. The molecule has 0 N–H and O–H groups in total. The van der Waals surface area contributed by atoms with E-state index in [1.54, 1.807) is 5.20 Å². The van der Waals surface area contributed by atoms with Crippen molar-refractivity contribution < 1.29 is 0 Å². The number of hydrogen-bond acceptors (Lipinski definition) is 1. The molecule has 0 aromatic heterocycles. The maximum atomic E-state index is 2.72. The molecule has 0 saturated carbocycles. The fourth-order valence-electron chi connectivity index (χ4n) is 2.34. The minimum absolute atomic E-state index is 0.0944. The fraction of sp³-hybridized carbons (Fsp3) is 0.846. The highest BCUT2D eigenvalue weighted by Gasteiger charge is 2.26. The van der Waals surface area contributed by atoms with Crippen molar-refractivity contribution in [3.63, 3.8) is 0 Å². The van der Waals surface area contributed by atoms with Gasteiger partial charge in [0.1, 0.15) is 8.24 Å². The van der Waals surface area contributed by atoms with E-state index in [0.717, 1.165) is 0 Å². The Bertz CT molecular complexity index is 208. The van der Waals surface area contributed by atoms with Crippen molar-refractivity contribution in [1.29, 1.82) is 0 Å². The second-order valence-corrected chi connectivity index (χ2v) is 12.4. The fourth-order valence-corrected chi connectivity index (χ4v) is 7.33. The predicted octanol–water partition coefficient (Wildman–Crippen LogP) is 3.43. The average molecular weight is 258 g/mol. The molecule has 0 amide bonds. The van der Waals surface area contributed by atoms with E-state index in [1.165, 1.54) is 31.6 Å². The Morgan fingerprint density at radius 3 is 2.25 bits per heavy atom. The van der Waals surface area contributed by atoms with Gasteiger partial charge in [-0.25, -0.2) is 0 Å². The van der Waals surface area contributed by atoms with Crippen LogP contribution in [0.15, 0.2) is 11.3 Å². The molecule has 1 nitrogen and oxygen atoms in total. The number of rotatable bonds is 8. The first-order chi connectivity index (χ1) is 7.47. The van der Waals surface area contributed by atoms with E-state index in [0.29, 0.717) is 0 Å². The molecule has 0 heterocycles. The van der Waals surface area contributed by atoms with Crippen molar-refractivity contribution in [1.82, 2.24) is 4.57 Å². The normalized spacial score (nSPS) is 14.3. The molecule has 0 rings (SSSR count). The molecule has 0 aliphatic heterocycles. The zero-order valence-electron chi connectivity index (χ0n) is 12.3. The molecule has 0 unspecified atom stereocenters. The minimum atomic E-state index is -1.08. The van der Waals surface area contributed by atoms with E-state index in [-0.39, 0.29) is 9.52 Å². The topological polar surface area (TPSA) is 3.24 Å². The van der Waals surface area contributed by atoms with Crippen molar-refractivity contribution in [2.45, 2.75) is 59.3 Å². The highest BCUT2D eigenvalue weighted by molar-refractivity contribution is 6.74. The van der Waals surface area contributed by atoms with Crippen molar-refractivity contribution in [2.24, 2.45) is 0 Å². The molecule has 3 heteroatoms. The van der Waals surface area contributed by atoms with Crippen molar-refractivity contribution in [3.8, 4) is 0 Å². The van der Waals surface area contributed by atoms with E-state index in [2.05, 4.69) is 51.4 Å². The molecule has 0 saturated heterocycles. The Morgan fingerprint density at radius 2 is 1.81 bits per heavy atom. The molecule has 0 aromatic rings. The lowest BCUT2D eigenvalue weighted by Gasteiger charge is -2.35. The average Bonchev–Trinajstić information content (AvgIpc) is 2.25. The molecule has 16 heavy (non-hydrogen) atoms. The van der Waals surface area contributed by atoms with Gasteiger partial charge in [-0.05, 0) is 33.0 Å². The number of allylic oxidation sites excluding steroid dienone is 2. The Labute approximate surface area is 106 Å². The van der Waals surface area contributed by atoms with Gasteiger partial charge in [0.25, 0.3) is 0 Å². The molecule has 0 spiro atoms. The summed E-state index contributed by atoms with van der Waals surface area (Å²) < 4.78 is 2.72. The minimum Gasteiger partial charge on any atom is -0.324 e. The van der Waals surface area contributed by atoms with Crippen LogP contribution in [-0.4, -0.2) is 35.4 Å². The van der Waals surface area contributed by atoms with Gasteiger partial charge in [0.05, 0.1) is 0 Å². The maximum Gasteiger partial charge on any atom is 0.122 e. The summed E-state index contributed by atoms with van der Waals surface area (Å²) in [5.41, 5.74) is 0. The molecular weight excluding hydrogens is 226 g/mol. The van der Waals surface area contributed by atoms with Crippen LogP contribution in [0.1, 0.15) is 34.1 Å². The third kappa shape index (κ3) is 6.01. The lowest BCUT2D eigenvalue weighted by atomic mass is 10.6. The zero-order valence-corrected chi connectivity index (χ0v) is 14.7. The van der Waals surface area contributed by atoms with Gasteiger partial charge in [0.15, 0.2) is 0 Å². The largest absolute Gasteiger partial charge is 0.324 e. The van der Waals surface area contributed by atoms with Gasteiger partial charge in [0.2, 0.25) is 0 Å². The van der Waals surface area contributed by atoms with Gasteiger partial charge in [-0.3, -0.25) is 0 Å². The summed E-state index contributed by atoms with van der Waals surface area (Å²) in [4.78, 5) is 0. The standard InChI is InChI=1S/C13H31NSi2/c1-7-13(4)15-11-10-12-16(5,6)14(8-2)9-3/h7H,8-12,15H2,1-6H3. The molecule has 0 bridgehead atoms. The molecule has 0 aliphatic carbocycles. The van der Waals surface area contributed by atoms with Crippen LogP contribution in [0.3, 0.4) is 0 Å². The van der Waals surface area contributed by atoms with Crippen LogP contribution in [-0.2, 0) is 0 Å². The molecular formula is C13H31NSi2. The van der Waals surface area contributed by atoms with Crippen LogP contribution in [0.5, 0.6) is 0 Å². The third-order valence-corrected chi connectivity index (χ3v) is 9.69. The van der Waals surface area contributed by atoms with Crippen LogP contribution in [0, 0.1) is 0 Å². The molecule has 0 atom stereocenters. The predicted molar refractivity (Wildman–Crippen MR) is 82.6 cm³/mol. The first-order valence-electron chi connectivity index (χ1n) is 6.84. The highest BCUT2D eigenvalue weighted by Crippen LogP contribution is 2.18. The molecule has 0 radical (unpaired) electrons. The van der Waals surface area contributed by atoms with E-state index in [1.807, 2.05) is 0 Å². The molecule has 0 aliphatic rings. The van der Waals surface area contributed by atoms with Gasteiger partial charge in [-0.1, -0.05) is 50.7 Å². The van der Waals surface area contributed by atoms with Crippen molar-refractivity contribution >= 4 is 17.8 Å². The Kier molecular flexibility index (Phi) is 8.33. The molecule has 0 fully saturated rings. The first-order valence-corrected chi connectivity index (χ1v) is 11.7. The van der Waals surface area contributed by atoms with Gasteiger partial charge in [-0.15, -0.1) is 0 Å². The van der Waals surface area contributed by atoms with Crippen LogP contribution < -0.4 is 0 Å². The first kappa shape index (κ1) is 16.1. The summed E-state index contributed by atoms with van der Waals surface area (Å²) in [6.45, 7) is 16.6. The monoisotopic (exact) mass is 257 g/mol. The lowest BCUT2D eigenvalue weighted by Crippen LogP contribution is -2.48. The van der Waals surface area contributed by atoms with Gasteiger partial charge in [-0.2, -0.15) is 0 Å². The maximum absolute atomic E-state index is 2.72. The second kappa shape index (κ2) is 8.26. The summed E-state index contributed by atoms with van der Waals surface area (Å²) in [7, 11) is -0.984. The summed E-state index contributed by atoms with van der Waals surface area (Å²) >= 11 is 0. The summed E-state index contributed by atoms with van der Waals surface area (Å²) in [6, 6.07) is 2.99. The van der Waals surface area contributed by atoms with Crippen LogP contribution >= 0.6 is 0 Å². The van der Waals surface area contributed by atoms with Gasteiger partial charge < -0.3 is 4.57 Å². The van der Waals surface area contributed by atoms with Gasteiger partial charge >= 0.3 is 0 Å². The molecule has 0 aromatic carbocycles. The van der Waals surface area contributed by atoms with Crippen molar-refractivity contribution in [3.05, 3.63) is 11.3 Å². The van der Waals surface area contributed by atoms with E-state index >= 15 is 0 Å². The number of hydrogen-bond donors (Lipinski definition) is 0. The van der Waals surface area contributed by atoms with E-state index < -0.39 is 8.24 Å². The summed E-state index contributed by atoms with van der Waals surface area (Å²) in [5, 5.41) is 1.68. The SMILES string of the molecule is CC=C(C)[SiH2]CCC[Si](C)(C)N(CC)CC. The number of nitrogens with zero attached hydrogens (tertiary/aromatic N) is 1. The van der Waals surface area contributed by atoms with Crippen LogP contribution in [0.4, 0.5) is 0 Å².